The van der Waals surface area contributed by atoms with Crippen molar-refractivity contribution in [2.45, 2.75) is 44.1 Å². The highest BCUT2D eigenvalue weighted by atomic mass is 16.7. The van der Waals surface area contributed by atoms with E-state index in [1.807, 2.05) is 0 Å². The van der Waals surface area contributed by atoms with Gasteiger partial charge >= 0.3 is 6.09 Å². The second kappa shape index (κ2) is 5.18. The summed E-state index contributed by atoms with van der Waals surface area (Å²) >= 11 is 0. The first-order chi connectivity index (χ1) is 7.83. The second-order valence-electron chi connectivity index (χ2n) is 4.37. The Morgan fingerprint density at radius 3 is 2.35 bits per heavy atom. The van der Waals surface area contributed by atoms with E-state index in [1.54, 1.807) is 13.8 Å². The van der Waals surface area contributed by atoms with Crippen molar-refractivity contribution in [1.82, 2.24) is 0 Å². The average molecular weight is 249 g/mol. The number of aliphatic hydroxyl groups is 1. The maximum atomic E-state index is 10.8. The Hall–Kier alpha value is -0.890. The first-order valence-corrected chi connectivity index (χ1v) is 5.21. The molecule has 0 spiro atoms. The lowest BCUT2D eigenvalue weighted by Gasteiger charge is -2.47. The van der Waals surface area contributed by atoms with Gasteiger partial charge in [-0.3, -0.25) is 0 Å². The van der Waals surface area contributed by atoms with E-state index in [9.17, 15) is 9.90 Å². The van der Waals surface area contributed by atoms with Crippen LogP contribution in [-0.2, 0) is 18.9 Å². The number of amides is 1. The van der Waals surface area contributed by atoms with Crippen LogP contribution in [0.25, 0.3) is 0 Å². The number of ether oxygens (including phenoxy) is 4. The molecular weight excluding hydrogens is 230 g/mol. The zero-order valence-electron chi connectivity index (χ0n) is 10.4. The first kappa shape index (κ1) is 14.2. The molecule has 0 radical (unpaired) electrons. The van der Waals surface area contributed by atoms with Gasteiger partial charge in [-0.2, -0.15) is 0 Å². The number of carbonyl (C=O) groups is 1. The third kappa shape index (κ3) is 2.86. The summed E-state index contributed by atoms with van der Waals surface area (Å²) < 4.78 is 20.6. The Balaban J connectivity index is 2.92. The Labute approximate surface area is 99.8 Å². The fourth-order valence-electron chi connectivity index (χ4n) is 2.04. The van der Waals surface area contributed by atoms with Gasteiger partial charge in [-0.1, -0.05) is 0 Å². The molecule has 1 amide bonds. The monoisotopic (exact) mass is 249 g/mol. The van der Waals surface area contributed by atoms with E-state index in [0.29, 0.717) is 0 Å². The number of aliphatic hydroxyl groups excluding tert-OH is 1. The molecule has 4 atom stereocenters. The Bertz CT molecular complexity index is 282. The van der Waals surface area contributed by atoms with Crippen LogP contribution in [0, 0.1) is 0 Å². The molecule has 1 aliphatic heterocycles. The predicted molar refractivity (Wildman–Crippen MR) is 57.2 cm³/mol. The largest absolute Gasteiger partial charge is 0.438 e. The molecule has 1 fully saturated rings. The van der Waals surface area contributed by atoms with Crippen LogP contribution in [0.2, 0.25) is 0 Å². The number of hydrogen-bond acceptors (Lipinski definition) is 6. The van der Waals surface area contributed by atoms with Crippen molar-refractivity contribution in [3.63, 3.8) is 0 Å². The minimum absolute atomic E-state index is 0.654. The van der Waals surface area contributed by atoms with Crippen molar-refractivity contribution < 1.29 is 28.8 Å². The molecule has 7 nitrogen and oxygen atoms in total. The van der Waals surface area contributed by atoms with E-state index in [0.717, 1.165) is 0 Å². The van der Waals surface area contributed by atoms with Crippen molar-refractivity contribution in [3.8, 4) is 0 Å². The van der Waals surface area contributed by atoms with Gasteiger partial charge in [0.15, 0.2) is 12.4 Å². The molecule has 0 aliphatic carbocycles. The zero-order valence-corrected chi connectivity index (χ0v) is 10.4. The lowest BCUT2D eigenvalue weighted by atomic mass is 9.89. The van der Waals surface area contributed by atoms with Gasteiger partial charge in [0, 0.05) is 14.2 Å². The minimum atomic E-state index is -1.08. The lowest BCUT2D eigenvalue weighted by Crippen LogP contribution is -2.64. The number of rotatable bonds is 3. The summed E-state index contributed by atoms with van der Waals surface area (Å²) in [5, 5.41) is 10.1. The molecule has 17 heavy (non-hydrogen) atoms. The highest BCUT2D eigenvalue weighted by Crippen LogP contribution is 2.32. The van der Waals surface area contributed by atoms with Crippen LogP contribution in [0.3, 0.4) is 0 Å². The van der Waals surface area contributed by atoms with Crippen molar-refractivity contribution in [1.29, 1.82) is 0 Å². The number of methoxy groups -OCH3 is 2. The summed E-state index contributed by atoms with van der Waals surface area (Å²) in [5.41, 5.74) is 4.16. The van der Waals surface area contributed by atoms with Crippen molar-refractivity contribution in [2.24, 2.45) is 5.73 Å². The standard InChI is InChI=1S/C10H19NO6/c1-10(2)7(14-3)5(12)6(16-9(11)13)8(15-4)17-10/h5-8,12H,1-4H3,(H2,11,13)/t5?,6?,7-,8?/m1/s1. The number of carbonyl (C=O) groups excluding carboxylic acids is 1. The molecule has 1 aliphatic rings. The highest BCUT2D eigenvalue weighted by Gasteiger charge is 2.51. The normalized spacial score (nSPS) is 36.5. The van der Waals surface area contributed by atoms with E-state index in [-0.39, 0.29) is 0 Å². The highest BCUT2D eigenvalue weighted by molar-refractivity contribution is 5.64. The number of primary amides is 1. The van der Waals surface area contributed by atoms with Crippen LogP contribution in [-0.4, -0.2) is 55.6 Å². The summed E-state index contributed by atoms with van der Waals surface area (Å²) in [5.74, 6) is 0. The molecule has 7 heteroatoms. The molecule has 0 aromatic rings. The quantitative estimate of drug-likeness (QED) is 0.706. The van der Waals surface area contributed by atoms with Crippen molar-refractivity contribution in [3.05, 3.63) is 0 Å². The Morgan fingerprint density at radius 1 is 1.35 bits per heavy atom. The molecule has 0 bridgehead atoms. The van der Waals surface area contributed by atoms with Gasteiger partial charge in [0.05, 0.1) is 5.60 Å². The SMILES string of the molecule is COC1OC(C)(C)[C@H](OC)C(O)C1OC(N)=O. The maximum absolute atomic E-state index is 10.8. The summed E-state index contributed by atoms with van der Waals surface area (Å²) in [6.45, 7) is 3.49. The van der Waals surface area contributed by atoms with E-state index < -0.39 is 36.3 Å². The lowest BCUT2D eigenvalue weighted by molar-refractivity contribution is -0.319. The van der Waals surface area contributed by atoms with Gasteiger partial charge < -0.3 is 29.8 Å². The zero-order chi connectivity index (χ0) is 13.2. The Morgan fingerprint density at radius 2 is 1.94 bits per heavy atom. The van der Waals surface area contributed by atoms with Gasteiger partial charge in [-0.25, -0.2) is 4.79 Å². The van der Waals surface area contributed by atoms with Crippen LogP contribution in [0.5, 0.6) is 0 Å². The Kier molecular flexibility index (Phi) is 4.31. The smallest absolute Gasteiger partial charge is 0.405 e. The van der Waals surface area contributed by atoms with Crippen molar-refractivity contribution in [2.75, 3.05) is 14.2 Å². The molecule has 0 aromatic heterocycles. The average Bonchev–Trinajstić information content (AvgIpc) is 2.21. The first-order valence-electron chi connectivity index (χ1n) is 5.21. The van der Waals surface area contributed by atoms with Gasteiger partial charge in [0.1, 0.15) is 12.2 Å². The summed E-state index contributed by atoms with van der Waals surface area (Å²) in [6, 6.07) is 0. The van der Waals surface area contributed by atoms with E-state index >= 15 is 0 Å². The fourth-order valence-corrected chi connectivity index (χ4v) is 2.04. The molecule has 100 valence electrons. The summed E-state index contributed by atoms with van der Waals surface area (Å²) in [6.07, 6.45) is -4.65. The molecule has 1 heterocycles. The van der Waals surface area contributed by atoms with Crippen LogP contribution >= 0.6 is 0 Å². The number of nitrogens with two attached hydrogens (primary N) is 1. The minimum Gasteiger partial charge on any atom is -0.438 e. The number of hydrogen-bond donors (Lipinski definition) is 2. The van der Waals surface area contributed by atoms with E-state index in [1.165, 1.54) is 14.2 Å². The van der Waals surface area contributed by atoms with Crippen LogP contribution in [0.4, 0.5) is 4.79 Å². The molecular formula is C10H19NO6. The summed E-state index contributed by atoms with van der Waals surface area (Å²) in [4.78, 5) is 10.8. The van der Waals surface area contributed by atoms with Crippen LogP contribution < -0.4 is 5.73 Å². The third-order valence-corrected chi connectivity index (χ3v) is 2.76. The van der Waals surface area contributed by atoms with Gasteiger partial charge in [-0.05, 0) is 13.8 Å². The van der Waals surface area contributed by atoms with E-state index in [2.05, 4.69) is 0 Å². The van der Waals surface area contributed by atoms with Gasteiger partial charge in [0.2, 0.25) is 0 Å². The molecule has 3 N–H and O–H groups in total. The third-order valence-electron chi connectivity index (χ3n) is 2.76. The van der Waals surface area contributed by atoms with Gasteiger partial charge in [-0.15, -0.1) is 0 Å². The molecule has 0 aromatic carbocycles. The molecule has 1 rings (SSSR count). The van der Waals surface area contributed by atoms with E-state index in [4.69, 9.17) is 24.7 Å². The molecule has 1 saturated heterocycles. The maximum Gasteiger partial charge on any atom is 0.405 e. The van der Waals surface area contributed by atoms with Crippen LogP contribution in [0.1, 0.15) is 13.8 Å². The van der Waals surface area contributed by atoms with Gasteiger partial charge in [0.25, 0.3) is 0 Å². The second-order valence-corrected chi connectivity index (χ2v) is 4.37. The van der Waals surface area contributed by atoms with Crippen LogP contribution in [0.15, 0.2) is 0 Å². The summed E-state index contributed by atoms with van der Waals surface area (Å²) in [7, 11) is 2.82. The molecule has 3 unspecified atom stereocenters. The topological polar surface area (TPSA) is 100 Å². The molecule has 0 saturated carbocycles. The van der Waals surface area contributed by atoms with Crippen molar-refractivity contribution >= 4 is 6.09 Å². The fraction of sp³-hybridized carbons (Fsp3) is 0.900. The predicted octanol–water partition coefficient (Wildman–Crippen LogP) is -0.392.